The van der Waals surface area contributed by atoms with Crippen LogP contribution in [0.1, 0.15) is 36.1 Å². The molecule has 1 aliphatic rings. The van der Waals surface area contributed by atoms with Crippen LogP contribution in [0.25, 0.3) is 10.2 Å². The number of amides is 1. The van der Waals surface area contributed by atoms with E-state index in [1.54, 1.807) is 22.2 Å². The Labute approximate surface area is 145 Å². The van der Waals surface area contributed by atoms with Gasteiger partial charge in [0.2, 0.25) is 5.91 Å². The molecular formula is C17H24N4O2S. The monoisotopic (exact) mass is 348 g/mol. The molecule has 24 heavy (non-hydrogen) atoms. The number of carbonyl (C=O) groups excluding carboxylic acids is 1. The van der Waals surface area contributed by atoms with E-state index in [-0.39, 0.29) is 11.5 Å². The fourth-order valence-corrected chi connectivity index (χ4v) is 4.36. The molecule has 0 saturated heterocycles. The van der Waals surface area contributed by atoms with Crippen LogP contribution in [0.4, 0.5) is 0 Å². The summed E-state index contributed by atoms with van der Waals surface area (Å²) >= 11 is 1.65. The average Bonchev–Trinajstić information content (AvgIpc) is 2.97. The zero-order valence-corrected chi connectivity index (χ0v) is 14.9. The molecule has 2 heterocycles. The predicted octanol–water partition coefficient (Wildman–Crippen LogP) is 1.45. The Morgan fingerprint density at radius 2 is 2.17 bits per heavy atom. The molecule has 0 bridgehead atoms. The van der Waals surface area contributed by atoms with Gasteiger partial charge >= 0.3 is 0 Å². The minimum atomic E-state index is -0.0227. The van der Waals surface area contributed by atoms with Gasteiger partial charge in [0, 0.05) is 24.4 Å². The smallest absolute Gasteiger partial charge is 0.262 e. The molecule has 7 heteroatoms. The maximum Gasteiger partial charge on any atom is 0.262 e. The molecular weight excluding hydrogens is 324 g/mol. The van der Waals surface area contributed by atoms with Crippen molar-refractivity contribution in [2.24, 2.45) is 0 Å². The van der Waals surface area contributed by atoms with Crippen molar-refractivity contribution in [3.8, 4) is 0 Å². The molecule has 0 unspecified atom stereocenters. The molecule has 3 rings (SSSR count). The van der Waals surface area contributed by atoms with E-state index in [0.29, 0.717) is 19.5 Å². The molecule has 0 saturated carbocycles. The summed E-state index contributed by atoms with van der Waals surface area (Å²) in [6.07, 6.45) is 7.16. The van der Waals surface area contributed by atoms with E-state index in [2.05, 4.69) is 15.6 Å². The van der Waals surface area contributed by atoms with Gasteiger partial charge in [0.15, 0.2) is 0 Å². The molecule has 0 radical (unpaired) electrons. The summed E-state index contributed by atoms with van der Waals surface area (Å²) in [6.45, 7) is 1.91. The molecule has 0 spiro atoms. The summed E-state index contributed by atoms with van der Waals surface area (Å²) < 4.78 is 1.58. The SMILES string of the molecule is CNCCCNC(=O)CCn1cnc2sc3c(c2c1=O)CCCC3. The molecule has 2 N–H and O–H groups in total. The van der Waals surface area contributed by atoms with Crippen LogP contribution in [-0.4, -0.2) is 35.6 Å². The molecule has 1 aliphatic carbocycles. The highest BCUT2D eigenvalue weighted by Crippen LogP contribution is 2.33. The second-order valence-electron chi connectivity index (χ2n) is 6.19. The molecule has 0 fully saturated rings. The summed E-state index contributed by atoms with van der Waals surface area (Å²) in [5.41, 5.74) is 1.20. The lowest BCUT2D eigenvalue weighted by Gasteiger charge is -2.10. The minimum Gasteiger partial charge on any atom is -0.356 e. The van der Waals surface area contributed by atoms with Crippen molar-refractivity contribution in [3.63, 3.8) is 0 Å². The van der Waals surface area contributed by atoms with Gasteiger partial charge in [0.1, 0.15) is 4.83 Å². The summed E-state index contributed by atoms with van der Waals surface area (Å²) in [5, 5.41) is 6.70. The van der Waals surface area contributed by atoms with Gasteiger partial charge in [0.05, 0.1) is 11.7 Å². The van der Waals surface area contributed by atoms with Crippen molar-refractivity contribution in [3.05, 3.63) is 27.1 Å². The predicted molar refractivity (Wildman–Crippen MR) is 96.7 cm³/mol. The van der Waals surface area contributed by atoms with Gasteiger partial charge in [-0.25, -0.2) is 4.98 Å². The number of aryl methyl sites for hydroxylation is 3. The quantitative estimate of drug-likeness (QED) is 0.743. The first-order valence-corrected chi connectivity index (χ1v) is 9.43. The van der Waals surface area contributed by atoms with Crippen molar-refractivity contribution in [2.75, 3.05) is 20.1 Å². The van der Waals surface area contributed by atoms with Crippen molar-refractivity contribution in [2.45, 2.75) is 45.1 Å². The number of nitrogens with zero attached hydrogens (tertiary/aromatic N) is 2. The number of nitrogens with one attached hydrogen (secondary N) is 2. The maximum absolute atomic E-state index is 12.8. The Bertz CT molecular complexity index is 781. The molecule has 2 aromatic rings. The van der Waals surface area contributed by atoms with E-state index >= 15 is 0 Å². The number of thiophene rings is 1. The van der Waals surface area contributed by atoms with Gasteiger partial charge in [0.25, 0.3) is 5.56 Å². The summed E-state index contributed by atoms with van der Waals surface area (Å²) in [4.78, 5) is 31.3. The largest absolute Gasteiger partial charge is 0.356 e. The number of hydrogen-bond donors (Lipinski definition) is 2. The normalized spacial score (nSPS) is 13.9. The highest BCUT2D eigenvalue weighted by atomic mass is 32.1. The number of aromatic nitrogens is 2. The van der Waals surface area contributed by atoms with Crippen LogP contribution in [0, 0.1) is 0 Å². The van der Waals surface area contributed by atoms with Crippen LogP contribution < -0.4 is 16.2 Å². The summed E-state index contributed by atoms with van der Waals surface area (Å²) in [6, 6.07) is 0. The Kier molecular flexibility index (Phi) is 5.63. The first kappa shape index (κ1) is 17.1. The Balaban J connectivity index is 1.68. The van der Waals surface area contributed by atoms with Crippen molar-refractivity contribution in [1.29, 1.82) is 0 Å². The van der Waals surface area contributed by atoms with E-state index in [0.717, 1.165) is 42.4 Å². The number of rotatable bonds is 7. The fraction of sp³-hybridized carbons (Fsp3) is 0.588. The van der Waals surface area contributed by atoms with Gasteiger partial charge in [-0.05, 0) is 51.3 Å². The van der Waals surface area contributed by atoms with E-state index in [4.69, 9.17) is 0 Å². The van der Waals surface area contributed by atoms with Crippen molar-refractivity contribution in [1.82, 2.24) is 20.2 Å². The van der Waals surface area contributed by atoms with Gasteiger partial charge in [-0.15, -0.1) is 11.3 Å². The van der Waals surface area contributed by atoms with E-state index in [1.807, 2.05) is 7.05 Å². The van der Waals surface area contributed by atoms with Crippen LogP contribution in [0.15, 0.2) is 11.1 Å². The third-order valence-electron chi connectivity index (χ3n) is 4.45. The minimum absolute atomic E-state index is 0.00221. The summed E-state index contributed by atoms with van der Waals surface area (Å²) in [5.74, 6) is -0.0227. The van der Waals surface area contributed by atoms with Crippen LogP contribution in [0.2, 0.25) is 0 Å². The van der Waals surface area contributed by atoms with Gasteiger partial charge in [-0.3, -0.25) is 14.2 Å². The third kappa shape index (κ3) is 3.67. The molecule has 6 nitrogen and oxygen atoms in total. The molecule has 0 atom stereocenters. The average molecular weight is 348 g/mol. The lowest BCUT2D eigenvalue weighted by Crippen LogP contribution is -2.29. The zero-order valence-electron chi connectivity index (χ0n) is 14.1. The first-order chi connectivity index (χ1) is 11.7. The highest BCUT2D eigenvalue weighted by Gasteiger charge is 2.19. The van der Waals surface area contributed by atoms with Crippen LogP contribution in [0.5, 0.6) is 0 Å². The second-order valence-corrected chi connectivity index (χ2v) is 7.27. The van der Waals surface area contributed by atoms with E-state index < -0.39 is 0 Å². The maximum atomic E-state index is 12.8. The van der Waals surface area contributed by atoms with Crippen LogP contribution in [-0.2, 0) is 24.2 Å². The molecule has 2 aromatic heterocycles. The molecule has 130 valence electrons. The highest BCUT2D eigenvalue weighted by molar-refractivity contribution is 7.18. The first-order valence-electron chi connectivity index (χ1n) is 8.61. The van der Waals surface area contributed by atoms with E-state index in [1.165, 1.54) is 16.9 Å². The lowest BCUT2D eigenvalue weighted by atomic mass is 9.97. The van der Waals surface area contributed by atoms with Crippen molar-refractivity contribution < 1.29 is 4.79 Å². The van der Waals surface area contributed by atoms with Gasteiger partial charge in [-0.2, -0.15) is 0 Å². The van der Waals surface area contributed by atoms with Crippen LogP contribution in [0.3, 0.4) is 0 Å². The van der Waals surface area contributed by atoms with E-state index in [9.17, 15) is 9.59 Å². The molecule has 1 amide bonds. The standard InChI is InChI=1S/C17H24N4O2S/c1-18-8-4-9-19-14(22)7-10-21-11-20-16-15(17(21)23)12-5-2-3-6-13(12)24-16/h11,18H,2-10H2,1H3,(H,19,22). The number of hydrogen-bond acceptors (Lipinski definition) is 5. The number of fused-ring (bicyclic) bond motifs is 3. The molecule has 0 aromatic carbocycles. The second kappa shape index (κ2) is 7.90. The fourth-order valence-electron chi connectivity index (χ4n) is 3.14. The molecule has 0 aliphatic heterocycles. The third-order valence-corrected chi connectivity index (χ3v) is 5.65. The van der Waals surface area contributed by atoms with Crippen LogP contribution >= 0.6 is 11.3 Å². The zero-order chi connectivity index (χ0) is 16.9. The van der Waals surface area contributed by atoms with Gasteiger partial charge in [-0.1, -0.05) is 0 Å². The van der Waals surface area contributed by atoms with Crippen molar-refractivity contribution >= 4 is 27.5 Å². The number of carbonyl (C=O) groups is 1. The Morgan fingerprint density at radius 1 is 1.33 bits per heavy atom. The summed E-state index contributed by atoms with van der Waals surface area (Å²) in [7, 11) is 1.89. The lowest BCUT2D eigenvalue weighted by molar-refractivity contribution is -0.121. The van der Waals surface area contributed by atoms with Gasteiger partial charge < -0.3 is 10.6 Å². The topological polar surface area (TPSA) is 76.0 Å². The Morgan fingerprint density at radius 3 is 3.00 bits per heavy atom. The Hall–Kier alpha value is -1.73.